The average molecular weight is 898 g/mol. The molecule has 3 aliphatic heterocycles. The largest absolute Gasteiger partial charge is 0.460 e. The van der Waals surface area contributed by atoms with E-state index in [0.29, 0.717) is 63.4 Å². The molecule has 0 aromatic carbocycles. The minimum absolute atomic E-state index is 0.0568. The van der Waals surface area contributed by atoms with E-state index >= 15 is 0 Å². The number of nitrogens with zero attached hydrogens (tertiary/aromatic N) is 1. The van der Waals surface area contributed by atoms with Crippen LogP contribution in [0.15, 0.2) is 47.6 Å². The fourth-order valence-electron chi connectivity index (χ4n) is 9.91. The Hall–Kier alpha value is -3.33. The van der Waals surface area contributed by atoms with Crippen molar-refractivity contribution in [1.29, 1.82) is 0 Å². The average Bonchev–Trinajstić information content (AvgIpc) is 3.25. The zero-order chi connectivity index (χ0) is 47.3. The highest BCUT2D eigenvalue weighted by molar-refractivity contribution is 6.39. The van der Waals surface area contributed by atoms with Crippen molar-refractivity contribution >= 4 is 29.2 Å². The van der Waals surface area contributed by atoms with Gasteiger partial charge in [0, 0.05) is 57.1 Å². The topological polar surface area (TPSA) is 197 Å². The van der Waals surface area contributed by atoms with Gasteiger partial charge in [-0.1, -0.05) is 71.1 Å². The molecular weight excluding hydrogens is 819 g/mol. The number of carbonyl (C=O) groups excluding carboxylic acids is 5. The molecule has 3 fully saturated rings. The van der Waals surface area contributed by atoms with Crippen LogP contribution in [0, 0.1) is 35.5 Å². The van der Waals surface area contributed by atoms with Crippen molar-refractivity contribution in [2.45, 2.75) is 193 Å². The first-order chi connectivity index (χ1) is 30.2. The van der Waals surface area contributed by atoms with Gasteiger partial charge in [0.25, 0.3) is 11.7 Å². The van der Waals surface area contributed by atoms with Crippen molar-refractivity contribution in [2.24, 2.45) is 35.5 Å². The number of piperidine rings is 1. The second-order valence-corrected chi connectivity index (χ2v) is 19.8. The van der Waals surface area contributed by atoms with Crippen LogP contribution in [0.1, 0.15) is 145 Å². The van der Waals surface area contributed by atoms with E-state index in [-0.39, 0.29) is 73.6 Å². The van der Waals surface area contributed by atoms with Crippen LogP contribution in [-0.4, -0.2) is 117 Å². The van der Waals surface area contributed by atoms with Crippen molar-refractivity contribution in [2.75, 3.05) is 13.7 Å². The molecule has 0 spiro atoms. The number of allylic oxidation sites excluding steroid dienone is 6. The Balaban J connectivity index is 1.64. The van der Waals surface area contributed by atoms with Crippen LogP contribution in [0.3, 0.4) is 0 Å². The van der Waals surface area contributed by atoms with E-state index < -0.39 is 71.8 Å². The van der Waals surface area contributed by atoms with Gasteiger partial charge in [-0.2, -0.15) is 0 Å². The van der Waals surface area contributed by atoms with Crippen molar-refractivity contribution in [3.05, 3.63) is 47.6 Å². The number of ether oxygens (including phenoxy) is 3. The third-order valence-corrected chi connectivity index (χ3v) is 14.4. The number of aliphatic hydroxyl groups excluding tert-OH is 3. The molecule has 1 saturated carbocycles. The fourth-order valence-corrected chi connectivity index (χ4v) is 9.91. The molecule has 0 aromatic rings. The summed E-state index contributed by atoms with van der Waals surface area (Å²) in [7, 11) is 1.58. The molecule has 1 amide bonds. The standard InChI is InChI=1S/C51H79NO12/c1-31-14-10-9-11-15-32(2)46(62-8)29-41-22-17-37(7)51(61,64-41)48(58)49(59)52-23-13-12-16-42(52)50(60)63-47(36(6)26-38-18-20-39(53)21-19-38)28-40(54)27-43(55)34(4)25-35(5)45(57)30-44(56)33(3)24-31/h9-11,14-15,25,31,33,35-42,45-47,53-54,57,61H,12-13,16-24,26-30H2,1-8H3/b11-9?,14-10?,32-15?,34-25-. The lowest BCUT2D eigenvalue weighted by Gasteiger charge is -2.42. The molecule has 12 atom stereocenters. The molecule has 13 nitrogen and oxygen atoms in total. The number of cyclic esters (lactones) is 1. The second kappa shape index (κ2) is 25.0. The highest BCUT2D eigenvalue weighted by Gasteiger charge is 2.53. The number of amides is 1. The van der Waals surface area contributed by atoms with Crippen molar-refractivity contribution in [1.82, 2.24) is 4.90 Å². The third kappa shape index (κ3) is 15.1. The van der Waals surface area contributed by atoms with Gasteiger partial charge in [-0.25, -0.2) is 4.79 Å². The summed E-state index contributed by atoms with van der Waals surface area (Å²) in [6, 6.07) is -1.11. The number of fused-ring (bicyclic) bond motifs is 3. The van der Waals surface area contributed by atoms with Crippen molar-refractivity contribution in [3.63, 3.8) is 0 Å². The van der Waals surface area contributed by atoms with Crippen LogP contribution in [0.2, 0.25) is 0 Å². The van der Waals surface area contributed by atoms with Crippen LogP contribution < -0.4 is 0 Å². The first kappa shape index (κ1) is 53.3. The quantitative estimate of drug-likeness (QED) is 0.173. The number of hydrogen-bond donors (Lipinski definition) is 4. The summed E-state index contributed by atoms with van der Waals surface area (Å²) >= 11 is 0. The maximum Gasteiger partial charge on any atom is 0.329 e. The van der Waals surface area contributed by atoms with Crippen LogP contribution in [0.4, 0.5) is 0 Å². The van der Waals surface area contributed by atoms with Gasteiger partial charge in [0.05, 0.1) is 30.5 Å². The summed E-state index contributed by atoms with van der Waals surface area (Å²) < 4.78 is 18.2. The summed E-state index contributed by atoms with van der Waals surface area (Å²) in [5.74, 6) is -7.13. The summed E-state index contributed by atoms with van der Waals surface area (Å²) in [5.41, 5.74) is 1.22. The molecular formula is C51H79NO12. The zero-order valence-electron chi connectivity index (χ0n) is 39.8. The molecule has 3 heterocycles. The molecule has 0 radical (unpaired) electrons. The zero-order valence-corrected chi connectivity index (χ0v) is 39.8. The van der Waals surface area contributed by atoms with E-state index in [9.17, 15) is 44.4 Å². The molecule has 1 aliphatic carbocycles. The minimum Gasteiger partial charge on any atom is -0.460 e. The Labute approximate surface area is 381 Å². The number of carbonyl (C=O) groups is 5. The number of hydrogen-bond acceptors (Lipinski definition) is 12. The van der Waals surface area contributed by atoms with Crippen LogP contribution in [0.25, 0.3) is 0 Å². The molecule has 0 aromatic heterocycles. The number of Topliss-reactive ketones (excluding diaryl/α,β-unsaturated/α-hetero) is 3. The van der Waals surface area contributed by atoms with Gasteiger partial charge in [-0.3, -0.25) is 19.2 Å². The highest BCUT2D eigenvalue weighted by atomic mass is 16.6. The number of esters is 1. The van der Waals surface area contributed by atoms with Gasteiger partial charge in [0.1, 0.15) is 17.9 Å². The Morgan fingerprint density at radius 3 is 2.23 bits per heavy atom. The predicted molar refractivity (Wildman–Crippen MR) is 243 cm³/mol. The van der Waals surface area contributed by atoms with Gasteiger partial charge in [-0.05, 0) is 113 Å². The van der Waals surface area contributed by atoms with Gasteiger partial charge in [-0.15, -0.1) is 0 Å². The molecule has 64 heavy (non-hydrogen) atoms. The van der Waals surface area contributed by atoms with Crippen molar-refractivity contribution < 1.29 is 58.6 Å². The monoisotopic (exact) mass is 898 g/mol. The molecule has 12 unspecified atom stereocenters. The lowest BCUT2D eigenvalue weighted by molar-refractivity contribution is -0.265. The number of ketones is 3. The van der Waals surface area contributed by atoms with E-state index in [0.717, 1.165) is 18.4 Å². The van der Waals surface area contributed by atoms with E-state index in [2.05, 4.69) is 0 Å². The first-order valence-electron chi connectivity index (χ1n) is 24.0. The molecule has 13 heteroatoms. The fraction of sp³-hybridized carbons (Fsp3) is 0.745. The van der Waals surface area contributed by atoms with Crippen LogP contribution in [-0.2, 0) is 38.2 Å². The summed E-state index contributed by atoms with van der Waals surface area (Å²) in [6.07, 6.45) is 13.3. The van der Waals surface area contributed by atoms with Crippen LogP contribution in [0.5, 0.6) is 0 Å². The van der Waals surface area contributed by atoms with Gasteiger partial charge >= 0.3 is 5.97 Å². The van der Waals surface area contributed by atoms with Crippen LogP contribution >= 0.6 is 0 Å². The molecule has 4 N–H and O–H groups in total. The number of methoxy groups -OCH3 is 1. The Kier molecular flexibility index (Phi) is 20.8. The Morgan fingerprint density at radius 1 is 0.844 bits per heavy atom. The molecule has 2 saturated heterocycles. The minimum atomic E-state index is -2.42. The lowest BCUT2D eigenvalue weighted by atomic mass is 9.80. The summed E-state index contributed by atoms with van der Waals surface area (Å²) in [5, 5.41) is 44.4. The Morgan fingerprint density at radius 2 is 1.55 bits per heavy atom. The smallest absolute Gasteiger partial charge is 0.329 e. The molecule has 2 bridgehead atoms. The van der Waals surface area contributed by atoms with E-state index in [1.54, 1.807) is 34.0 Å². The normalized spacial score (nSPS) is 38.2. The highest BCUT2D eigenvalue weighted by Crippen LogP contribution is 2.37. The van der Waals surface area contributed by atoms with Gasteiger partial charge in [0.15, 0.2) is 5.78 Å². The SMILES string of the molecule is COC1CC2CCC(C)C(O)(O2)C(=O)C(=O)N2CCCCC2C(=O)OC(C(C)CC2CCC(O)CC2)CC(O)CC(=O)/C(C)=C\C(C)C(O)CC(=O)C(C)CC(C)C=CC=CC=C1C. The second-order valence-electron chi connectivity index (χ2n) is 19.8. The summed E-state index contributed by atoms with van der Waals surface area (Å²) in [6.45, 7) is 12.9. The van der Waals surface area contributed by atoms with E-state index in [4.69, 9.17) is 14.2 Å². The maximum atomic E-state index is 14.2. The van der Waals surface area contributed by atoms with Gasteiger partial charge in [0.2, 0.25) is 5.79 Å². The number of aliphatic hydroxyl groups is 4. The Bertz CT molecular complexity index is 1710. The van der Waals surface area contributed by atoms with E-state index in [1.807, 2.05) is 58.1 Å². The van der Waals surface area contributed by atoms with Crippen molar-refractivity contribution in [3.8, 4) is 0 Å². The summed E-state index contributed by atoms with van der Waals surface area (Å²) in [4.78, 5) is 70.4. The molecule has 4 aliphatic rings. The van der Waals surface area contributed by atoms with Gasteiger partial charge < -0.3 is 39.5 Å². The third-order valence-electron chi connectivity index (χ3n) is 14.4. The first-order valence-corrected chi connectivity index (χ1v) is 24.0. The predicted octanol–water partition coefficient (Wildman–Crippen LogP) is 6.68. The maximum absolute atomic E-state index is 14.2. The van der Waals surface area contributed by atoms with E-state index in [1.165, 1.54) is 4.90 Å². The molecule has 360 valence electrons. The molecule has 4 rings (SSSR count). The lowest BCUT2D eigenvalue weighted by Crippen LogP contribution is -2.61. The number of rotatable bonds is 4.